The van der Waals surface area contributed by atoms with Gasteiger partial charge in [-0.15, -0.1) is 0 Å². The Bertz CT molecular complexity index is 651. The Balaban J connectivity index is 2.90. The molecule has 3 nitrogen and oxygen atoms in total. The van der Waals surface area contributed by atoms with Gasteiger partial charge in [-0.3, -0.25) is 0 Å². The van der Waals surface area contributed by atoms with Crippen LogP contribution in [0.2, 0.25) is 10.0 Å². The molecule has 1 aromatic heterocycles. The highest BCUT2D eigenvalue weighted by Gasteiger charge is 2.10. The van der Waals surface area contributed by atoms with Gasteiger partial charge in [-0.05, 0) is 18.2 Å². The van der Waals surface area contributed by atoms with Gasteiger partial charge in [0.05, 0.1) is 10.6 Å². The van der Waals surface area contributed by atoms with Crippen molar-refractivity contribution in [2.75, 3.05) is 0 Å². The lowest BCUT2D eigenvalue weighted by atomic mass is 10.2. The second-order valence-electron chi connectivity index (χ2n) is 3.12. The van der Waals surface area contributed by atoms with E-state index >= 15 is 0 Å². The maximum absolute atomic E-state index is 11.5. The number of hydrogen-bond donors (Lipinski definition) is 1. The molecule has 0 amide bonds. The summed E-state index contributed by atoms with van der Waals surface area (Å²) in [6, 6.07) is 4.63. The molecule has 0 aliphatic carbocycles. The maximum Gasteiger partial charge on any atom is 0.346 e. The molecule has 2 N–H and O–H groups in total. The lowest BCUT2D eigenvalue weighted by Gasteiger charge is -2.02. The Morgan fingerprint density at radius 3 is 2.62 bits per heavy atom. The first-order valence-electron chi connectivity index (χ1n) is 4.22. The molecule has 1 aromatic carbocycles. The summed E-state index contributed by atoms with van der Waals surface area (Å²) >= 11 is 16.4. The third-order valence-corrected chi connectivity index (χ3v) is 2.74. The molecule has 0 bridgehead atoms. The van der Waals surface area contributed by atoms with Crippen LogP contribution < -0.4 is 11.4 Å². The van der Waals surface area contributed by atoms with Crippen LogP contribution in [-0.2, 0) is 0 Å². The first kappa shape index (κ1) is 11.4. The van der Waals surface area contributed by atoms with Crippen LogP contribution in [0.4, 0.5) is 0 Å². The molecule has 1 heterocycles. The quantitative estimate of drug-likeness (QED) is 0.641. The Morgan fingerprint density at radius 2 is 2.00 bits per heavy atom. The van der Waals surface area contributed by atoms with Gasteiger partial charge in [-0.1, -0.05) is 35.4 Å². The van der Waals surface area contributed by atoms with E-state index in [9.17, 15) is 4.79 Å². The van der Waals surface area contributed by atoms with Crippen molar-refractivity contribution in [3.63, 3.8) is 0 Å². The molecule has 16 heavy (non-hydrogen) atoms. The van der Waals surface area contributed by atoms with E-state index < -0.39 is 5.63 Å². The van der Waals surface area contributed by atoms with Crippen LogP contribution in [0.15, 0.2) is 27.4 Å². The van der Waals surface area contributed by atoms with Gasteiger partial charge in [0.25, 0.3) is 0 Å². The molecular formula is C10H5Cl2NO2S. The molecule has 0 aliphatic rings. The van der Waals surface area contributed by atoms with E-state index in [0.717, 1.165) is 0 Å². The van der Waals surface area contributed by atoms with Gasteiger partial charge >= 0.3 is 5.63 Å². The van der Waals surface area contributed by atoms with Crippen LogP contribution in [0.5, 0.6) is 0 Å². The summed E-state index contributed by atoms with van der Waals surface area (Å²) in [6.07, 6.45) is 0. The highest BCUT2D eigenvalue weighted by Crippen LogP contribution is 2.27. The number of benzene rings is 1. The molecule has 0 atom stereocenters. The lowest BCUT2D eigenvalue weighted by molar-refractivity contribution is 0.559. The highest BCUT2D eigenvalue weighted by atomic mass is 35.5. The summed E-state index contributed by atoms with van der Waals surface area (Å²) < 4.78 is 5.03. The van der Waals surface area contributed by atoms with Gasteiger partial charge in [0, 0.05) is 10.4 Å². The van der Waals surface area contributed by atoms with E-state index in [0.29, 0.717) is 10.4 Å². The lowest BCUT2D eigenvalue weighted by Crippen LogP contribution is -2.19. The minimum absolute atomic E-state index is 0.0215. The molecule has 0 spiro atoms. The molecule has 82 valence electrons. The molecule has 0 fully saturated rings. The molecule has 2 aromatic rings. The SMILES string of the molecule is NC(=S)c1cc2cc(Cl)cc(Cl)c2oc1=O. The fourth-order valence-corrected chi connectivity index (χ4v) is 2.02. The first-order valence-corrected chi connectivity index (χ1v) is 5.38. The Morgan fingerprint density at radius 1 is 1.31 bits per heavy atom. The van der Waals surface area contributed by atoms with Crippen LogP contribution in [-0.4, -0.2) is 4.99 Å². The molecule has 0 unspecified atom stereocenters. The third kappa shape index (κ3) is 1.91. The van der Waals surface area contributed by atoms with Gasteiger partial charge in [0.2, 0.25) is 0 Å². The number of fused-ring (bicyclic) bond motifs is 1. The van der Waals surface area contributed by atoms with Crippen LogP contribution in [0.25, 0.3) is 11.0 Å². The van der Waals surface area contributed by atoms with Crippen molar-refractivity contribution in [1.82, 2.24) is 0 Å². The van der Waals surface area contributed by atoms with Crippen molar-refractivity contribution in [3.05, 3.63) is 44.2 Å². The molecule has 2 rings (SSSR count). The third-order valence-electron chi connectivity index (χ3n) is 2.02. The van der Waals surface area contributed by atoms with E-state index in [-0.39, 0.29) is 21.2 Å². The van der Waals surface area contributed by atoms with Gasteiger partial charge in [-0.2, -0.15) is 0 Å². The normalized spacial score (nSPS) is 10.6. The van der Waals surface area contributed by atoms with Gasteiger partial charge in [-0.25, -0.2) is 4.79 Å². The topological polar surface area (TPSA) is 56.2 Å². The first-order chi connectivity index (χ1) is 7.49. The molecule has 6 heteroatoms. The fourth-order valence-electron chi connectivity index (χ4n) is 1.33. The van der Waals surface area contributed by atoms with Gasteiger partial charge in [0.15, 0.2) is 5.58 Å². The maximum atomic E-state index is 11.5. The second-order valence-corrected chi connectivity index (χ2v) is 4.40. The molecule has 0 radical (unpaired) electrons. The predicted molar refractivity (Wildman–Crippen MR) is 68.4 cm³/mol. The minimum atomic E-state index is -0.607. The zero-order valence-corrected chi connectivity index (χ0v) is 10.1. The molecule has 0 saturated carbocycles. The predicted octanol–water partition coefficient (Wildman–Crippen LogP) is 2.73. The fraction of sp³-hybridized carbons (Fsp3) is 0. The number of thiocarbonyl (C=S) groups is 1. The summed E-state index contributed by atoms with van der Waals surface area (Å²) in [7, 11) is 0. The average molecular weight is 274 g/mol. The summed E-state index contributed by atoms with van der Waals surface area (Å²) in [6.45, 7) is 0. The Kier molecular flexibility index (Phi) is 2.88. The van der Waals surface area contributed by atoms with E-state index in [2.05, 4.69) is 0 Å². The number of rotatable bonds is 1. The summed E-state index contributed by atoms with van der Waals surface area (Å²) in [4.78, 5) is 11.5. The molecule has 0 aliphatic heterocycles. The molecule has 0 saturated heterocycles. The van der Waals surface area contributed by atoms with E-state index in [4.69, 9.17) is 45.6 Å². The summed E-state index contributed by atoms with van der Waals surface area (Å²) in [5, 5.41) is 1.30. The molecular weight excluding hydrogens is 269 g/mol. The minimum Gasteiger partial charge on any atom is -0.421 e. The van der Waals surface area contributed by atoms with Gasteiger partial charge < -0.3 is 10.2 Å². The van der Waals surface area contributed by atoms with Crippen LogP contribution >= 0.6 is 35.4 Å². The van der Waals surface area contributed by atoms with Crippen molar-refractivity contribution in [2.45, 2.75) is 0 Å². The van der Waals surface area contributed by atoms with Crippen molar-refractivity contribution >= 4 is 51.4 Å². The van der Waals surface area contributed by atoms with Gasteiger partial charge in [0.1, 0.15) is 4.99 Å². The van der Waals surface area contributed by atoms with Crippen molar-refractivity contribution in [3.8, 4) is 0 Å². The number of halogens is 2. The second kappa shape index (κ2) is 4.05. The number of hydrogen-bond acceptors (Lipinski definition) is 3. The van der Waals surface area contributed by atoms with E-state index in [1.807, 2.05) is 0 Å². The van der Waals surface area contributed by atoms with Crippen LogP contribution in [0.1, 0.15) is 5.56 Å². The standard InChI is InChI=1S/C10H5Cl2NO2S/c11-5-1-4-2-6(9(13)16)10(14)15-8(4)7(12)3-5/h1-3H,(H2,13,16). The largest absolute Gasteiger partial charge is 0.421 e. The Labute approximate surface area is 106 Å². The monoisotopic (exact) mass is 273 g/mol. The summed E-state index contributed by atoms with van der Waals surface area (Å²) in [5.74, 6) is 0. The Hall–Kier alpha value is -1.10. The summed E-state index contributed by atoms with van der Waals surface area (Å²) in [5.41, 5.74) is 5.19. The van der Waals surface area contributed by atoms with E-state index in [1.54, 1.807) is 6.07 Å². The van der Waals surface area contributed by atoms with Crippen molar-refractivity contribution in [2.24, 2.45) is 5.73 Å². The van der Waals surface area contributed by atoms with E-state index in [1.165, 1.54) is 12.1 Å². The van der Waals surface area contributed by atoms with Crippen molar-refractivity contribution < 1.29 is 4.42 Å². The average Bonchev–Trinajstić information content (AvgIpc) is 2.18. The van der Waals surface area contributed by atoms with Crippen LogP contribution in [0.3, 0.4) is 0 Å². The smallest absolute Gasteiger partial charge is 0.346 e. The van der Waals surface area contributed by atoms with Crippen LogP contribution in [0, 0.1) is 0 Å². The highest BCUT2D eigenvalue weighted by molar-refractivity contribution is 7.80. The number of nitrogens with two attached hydrogens (primary N) is 1. The zero-order chi connectivity index (χ0) is 11.9. The zero-order valence-electron chi connectivity index (χ0n) is 7.79. The van der Waals surface area contributed by atoms with Crippen molar-refractivity contribution in [1.29, 1.82) is 0 Å².